The van der Waals surface area contributed by atoms with Gasteiger partial charge in [-0.15, -0.1) is 0 Å². The van der Waals surface area contributed by atoms with E-state index < -0.39 is 0 Å². The first kappa shape index (κ1) is 12.0. The maximum absolute atomic E-state index is 3.67. The van der Waals surface area contributed by atoms with E-state index >= 15 is 0 Å². The van der Waals surface area contributed by atoms with Crippen molar-refractivity contribution in [3.8, 4) is 0 Å². The van der Waals surface area contributed by atoms with Gasteiger partial charge in [0.15, 0.2) is 0 Å². The van der Waals surface area contributed by atoms with Crippen LogP contribution in [-0.4, -0.2) is 37.1 Å². The largest absolute Gasteiger partial charge is 0.311 e. The fourth-order valence-electron chi connectivity index (χ4n) is 1.99. The van der Waals surface area contributed by atoms with E-state index in [0.29, 0.717) is 5.54 Å². The monoisotopic (exact) mass is 198 g/mol. The van der Waals surface area contributed by atoms with E-state index in [1.807, 2.05) is 0 Å². The predicted octanol–water partition coefficient (Wildman–Crippen LogP) is 2.11. The summed E-state index contributed by atoms with van der Waals surface area (Å²) in [7, 11) is 2.23. The third-order valence-electron chi connectivity index (χ3n) is 3.48. The molecule has 0 saturated carbocycles. The van der Waals surface area contributed by atoms with Gasteiger partial charge in [0.1, 0.15) is 0 Å². The Morgan fingerprint density at radius 3 is 2.71 bits per heavy atom. The standard InChI is InChI=1S/C12H26N2/c1-5-12(2,3)13-9-11-7-6-8-14(4)10-11/h11,13H,5-10H2,1-4H3. The summed E-state index contributed by atoms with van der Waals surface area (Å²) in [4.78, 5) is 2.45. The molecule has 84 valence electrons. The van der Waals surface area contributed by atoms with E-state index in [2.05, 4.69) is 38.0 Å². The molecular formula is C12H26N2. The van der Waals surface area contributed by atoms with Crippen molar-refractivity contribution in [3.63, 3.8) is 0 Å². The van der Waals surface area contributed by atoms with E-state index in [0.717, 1.165) is 5.92 Å². The molecule has 1 unspecified atom stereocenters. The minimum atomic E-state index is 0.315. The first-order valence-corrected chi connectivity index (χ1v) is 5.97. The van der Waals surface area contributed by atoms with Crippen LogP contribution in [0, 0.1) is 5.92 Å². The molecule has 1 atom stereocenters. The van der Waals surface area contributed by atoms with Crippen LogP contribution < -0.4 is 5.32 Å². The number of rotatable bonds is 4. The van der Waals surface area contributed by atoms with Crippen LogP contribution in [-0.2, 0) is 0 Å². The van der Waals surface area contributed by atoms with Crippen LogP contribution in [0.2, 0.25) is 0 Å². The zero-order chi connectivity index (χ0) is 10.6. The molecule has 1 aliphatic heterocycles. The second-order valence-corrected chi connectivity index (χ2v) is 5.39. The Bertz CT molecular complexity index is 166. The summed E-state index contributed by atoms with van der Waals surface area (Å²) in [6, 6.07) is 0. The first-order chi connectivity index (χ1) is 6.53. The molecule has 0 aliphatic carbocycles. The summed E-state index contributed by atoms with van der Waals surface area (Å²) in [6.45, 7) is 10.6. The third-order valence-corrected chi connectivity index (χ3v) is 3.48. The van der Waals surface area contributed by atoms with Crippen LogP contribution in [0.5, 0.6) is 0 Å². The molecule has 0 spiro atoms. The lowest BCUT2D eigenvalue weighted by molar-refractivity contribution is 0.194. The maximum Gasteiger partial charge on any atom is 0.0122 e. The van der Waals surface area contributed by atoms with Gasteiger partial charge in [0.05, 0.1) is 0 Å². The smallest absolute Gasteiger partial charge is 0.0122 e. The number of likely N-dealkylation sites (tertiary alicyclic amines) is 1. The number of piperidine rings is 1. The molecule has 2 heteroatoms. The zero-order valence-corrected chi connectivity index (χ0v) is 10.3. The van der Waals surface area contributed by atoms with Gasteiger partial charge >= 0.3 is 0 Å². The van der Waals surface area contributed by atoms with Crippen LogP contribution in [0.15, 0.2) is 0 Å². The van der Waals surface area contributed by atoms with Crippen molar-refractivity contribution in [1.82, 2.24) is 10.2 Å². The predicted molar refractivity (Wildman–Crippen MR) is 62.6 cm³/mol. The minimum absolute atomic E-state index is 0.315. The van der Waals surface area contributed by atoms with Gasteiger partial charge in [0, 0.05) is 12.1 Å². The molecule has 1 heterocycles. The normalized spacial score (nSPS) is 25.3. The Labute approximate surface area is 89.1 Å². The van der Waals surface area contributed by atoms with Gasteiger partial charge in [-0.1, -0.05) is 6.92 Å². The van der Waals surface area contributed by atoms with Crippen LogP contribution in [0.3, 0.4) is 0 Å². The Hall–Kier alpha value is -0.0800. The Morgan fingerprint density at radius 2 is 2.14 bits per heavy atom. The number of nitrogens with one attached hydrogen (secondary N) is 1. The quantitative estimate of drug-likeness (QED) is 0.744. The Morgan fingerprint density at radius 1 is 1.43 bits per heavy atom. The van der Waals surface area contributed by atoms with Crippen LogP contribution in [0.1, 0.15) is 40.0 Å². The molecule has 1 aliphatic rings. The molecule has 14 heavy (non-hydrogen) atoms. The van der Waals surface area contributed by atoms with Crippen LogP contribution >= 0.6 is 0 Å². The minimum Gasteiger partial charge on any atom is -0.311 e. The molecular weight excluding hydrogens is 172 g/mol. The SMILES string of the molecule is CCC(C)(C)NCC1CCCN(C)C1. The molecule has 0 aromatic rings. The van der Waals surface area contributed by atoms with Gasteiger partial charge in [0.25, 0.3) is 0 Å². The molecule has 2 nitrogen and oxygen atoms in total. The fraction of sp³-hybridized carbons (Fsp3) is 1.00. The third kappa shape index (κ3) is 3.97. The van der Waals surface area contributed by atoms with Crippen LogP contribution in [0.4, 0.5) is 0 Å². The average molecular weight is 198 g/mol. The highest BCUT2D eigenvalue weighted by molar-refractivity contribution is 4.79. The van der Waals surface area contributed by atoms with Crippen molar-refractivity contribution in [2.75, 3.05) is 26.7 Å². The highest BCUT2D eigenvalue weighted by Crippen LogP contribution is 2.16. The van der Waals surface area contributed by atoms with Crippen LogP contribution in [0.25, 0.3) is 0 Å². The van der Waals surface area contributed by atoms with Crippen molar-refractivity contribution >= 4 is 0 Å². The molecule has 0 aromatic carbocycles. The number of hydrogen-bond donors (Lipinski definition) is 1. The van der Waals surface area contributed by atoms with Crippen molar-refractivity contribution in [2.24, 2.45) is 5.92 Å². The molecule has 0 bridgehead atoms. The summed E-state index contributed by atoms with van der Waals surface area (Å²) in [6.07, 6.45) is 3.97. The molecule has 1 saturated heterocycles. The van der Waals surface area contributed by atoms with Gasteiger partial charge < -0.3 is 10.2 Å². The molecule has 1 fully saturated rings. The summed E-state index contributed by atoms with van der Waals surface area (Å²) < 4.78 is 0. The van der Waals surface area contributed by atoms with Gasteiger partial charge in [-0.25, -0.2) is 0 Å². The second-order valence-electron chi connectivity index (χ2n) is 5.39. The lowest BCUT2D eigenvalue weighted by Gasteiger charge is -2.33. The Balaban J connectivity index is 2.23. The second kappa shape index (κ2) is 5.13. The van der Waals surface area contributed by atoms with Gasteiger partial charge in [-0.3, -0.25) is 0 Å². The average Bonchev–Trinajstić information content (AvgIpc) is 2.15. The summed E-state index contributed by atoms with van der Waals surface area (Å²) in [5.41, 5.74) is 0.315. The zero-order valence-electron chi connectivity index (χ0n) is 10.3. The van der Waals surface area contributed by atoms with E-state index in [9.17, 15) is 0 Å². The molecule has 1 N–H and O–H groups in total. The molecule has 1 rings (SSSR count). The van der Waals surface area contributed by atoms with E-state index in [1.165, 1.54) is 38.9 Å². The van der Waals surface area contributed by atoms with Gasteiger partial charge in [-0.2, -0.15) is 0 Å². The lowest BCUT2D eigenvalue weighted by Crippen LogP contribution is -2.45. The highest BCUT2D eigenvalue weighted by atomic mass is 15.1. The van der Waals surface area contributed by atoms with Gasteiger partial charge in [0.2, 0.25) is 0 Å². The van der Waals surface area contributed by atoms with Crippen molar-refractivity contribution in [1.29, 1.82) is 0 Å². The number of nitrogens with zero attached hydrogens (tertiary/aromatic N) is 1. The van der Waals surface area contributed by atoms with E-state index in [4.69, 9.17) is 0 Å². The Kier molecular flexibility index (Phi) is 4.39. The van der Waals surface area contributed by atoms with E-state index in [1.54, 1.807) is 0 Å². The van der Waals surface area contributed by atoms with E-state index in [-0.39, 0.29) is 0 Å². The molecule has 0 aromatic heterocycles. The molecule has 0 amide bonds. The highest BCUT2D eigenvalue weighted by Gasteiger charge is 2.20. The van der Waals surface area contributed by atoms with Crippen molar-refractivity contribution in [2.45, 2.75) is 45.6 Å². The molecule has 0 radical (unpaired) electrons. The fourth-order valence-corrected chi connectivity index (χ4v) is 1.99. The van der Waals surface area contributed by atoms with Gasteiger partial charge in [-0.05, 0) is 59.2 Å². The summed E-state index contributed by atoms with van der Waals surface area (Å²) in [5, 5.41) is 3.67. The van der Waals surface area contributed by atoms with Crippen molar-refractivity contribution in [3.05, 3.63) is 0 Å². The summed E-state index contributed by atoms with van der Waals surface area (Å²) in [5.74, 6) is 0.861. The summed E-state index contributed by atoms with van der Waals surface area (Å²) >= 11 is 0. The topological polar surface area (TPSA) is 15.3 Å². The lowest BCUT2D eigenvalue weighted by atomic mass is 9.95. The number of hydrogen-bond acceptors (Lipinski definition) is 2. The maximum atomic E-state index is 3.67. The van der Waals surface area contributed by atoms with Crippen molar-refractivity contribution < 1.29 is 0 Å². The first-order valence-electron chi connectivity index (χ1n) is 5.97.